The highest BCUT2D eigenvalue weighted by atomic mass is 16.7. The summed E-state index contributed by atoms with van der Waals surface area (Å²) in [5.74, 6) is -0.893. The molecule has 2 spiro atoms. The van der Waals surface area contributed by atoms with Crippen LogP contribution in [0.2, 0.25) is 0 Å². The summed E-state index contributed by atoms with van der Waals surface area (Å²) in [6.45, 7) is 8.47. The second kappa shape index (κ2) is 7.80. The van der Waals surface area contributed by atoms with Crippen LogP contribution in [0.5, 0.6) is 0 Å². The predicted molar refractivity (Wildman–Crippen MR) is 131 cm³/mol. The Hall–Kier alpha value is -2.08. The van der Waals surface area contributed by atoms with E-state index in [0.717, 1.165) is 5.57 Å². The molecule has 0 aromatic carbocycles. The first-order valence-corrected chi connectivity index (χ1v) is 14.0. The van der Waals surface area contributed by atoms with Gasteiger partial charge in [-0.2, -0.15) is 0 Å². The number of carbonyl (C=O) groups is 2. The fourth-order valence-corrected chi connectivity index (χ4v) is 8.26. The van der Waals surface area contributed by atoms with E-state index in [0.29, 0.717) is 19.4 Å². The van der Waals surface area contributed by atoms with Crippen LogP contribution in [0.1, 0.15) is 40.5 Å². The second-order valence-corrected chi connectivity index (χ2v) is 12.8. The van der Waals surface area contributed by atoms with Crippen LogP contribution >= 0.6 is 0 Å². The highest BCUT2D eigenvalue weighted by molar-refractivity contribution is 5.82. The lowest BCUT2D eigenvalue weighted by Gasteiger charge is -2.57. The number of hydrogen-bond donors (Lipinski definition) is 0. The average molecular weight is 543 g/mol. The van der Waals surface area contributed by atoms with Gasteiger partial charge in [0, 0.05) is 18.9 Å². The predicted octanol–water partition coefficient (Wildman–Crippen LogP) is 1.91. The molecule has 0 aromatic heterocycles. The van der Waals surface area contributed by atoms with Gasteiger partial charge in [0.1, 0.15) is 42.2 Å². The number of ether oxygens (including phenoxy) is 8. The van der Waals surface area contributed by atoms with Crippen molar-refractivity contribution in [1.82, 2.24) is 0 Å². The molecule has 39 heavy (non-hydrogen) atoms. The molecule has 210 valence electrons. The molecule has 6 aliphatic heterocycles. The Kier molecular flexibility index (Phi) is 4.94. The summed E-state index contributed by atoms with van der Waals surface area (Å²) in [4.78, 5) is 26.5. The number of cyclic esters (lactones) is 1. The van der Waals surface area contributed by atoms with Gasteiger partial charge in [-0.3, -0.25) is 0 Å². The summed E-state index contributed by atoms with van der Waals surface area (Å²) >= 11 is 0. The van der Waals surface area contributed by atoms with Gasteiger partial charge in [0.2, 0.25) is 0 Å². The quantitative estimate of drug-likeness (QED) is 0.255. The van der Waals surface area contributed by atoms with E-state index in [9.17, 15) is 9.59 Å². The maximum atomic E-state index is 13.4. The number of allylic oxidation sites excluding steroid dienone is 2. The summed E-state index contributed by atoms with van der Waals surface area (Å²) in [7, 11) is 0. The monoisotopic (exact) mass is 542 g/mol. The second-order valence-electron chi connectivity index (χ2n) is 12.8. The number of fused-ring (bicyclic) bond motifs is 4. The lowest BCUT2D eigenvalue weighted by atomic mass is 9.51. The largest absolute Gasteiger partial charge is 0.463 e. The van der Waals surface area contributed by atoms with Crippen LogP contribution in [-0.2, 0) is 47.5 Å². The van der Waals surface area contributed by atoms with Gasteiger partial charge in [-0.05, 0) is 26.3 Å². The average Bonchev–Trinajstić information content (AvgIpc) is 3.78. The smallest absolute Gasteiger partial charge is 0.338 e. The van der Waals surface area contributed by atoms with E-state index in [4.69, 9.17) is 37.9 Å². The first-order valence-electron chi connectivity index (χ1n) is 14.0. The van der Waals surface area contributed by atoms with Gasteiger partial charge < -0.3 is 37.9 Å². The fraction of sp³-hybridized carbons (Fsp3) is 0.724. The van der Waals surface area contributed by atoms with Crippen LogP contribution < -0.4 is 0 Å². The number of hydrogen-bond acceptors (Lipinski definition) is 10. The Morgan fingerprint density at radius 2 is 1.82 bits per heavy atom. The van der Waals surface area contributed by atoms with Gasteiger partial charge >= 0.3 is 11.9 Å². The van der Waals surface area contributed by atoms with E-state index in [-0.39, 0.29) is 43.2 Å². The highest BCUT2D eigenvalue weighted by Gasteiger charge is 2.87. The van der Waals surface area contributed by atoms with Crippen molar-refractivity contribution in [2.75, 3.05) is 13.2 Å². The van der Waals surface area contributed by atoms with Crippen LogP contribution in [-0.4, -0.2) is 91.5 Å². The van der Waals surface area contributed by atoms with Gasteiger partial charge in [0.25, 0.3) is 0 Å². The van der Waals surface area contributed by atoms with E-state index in [1.807, 2.05) is 26.8 Å². The number of epoxide rings is 3. The molecule has 0 N–H and O–H groups in total. The van der Waals surface area contributed by atoms with Crippen LogP contribution in [0.4, 0.5) is 0 Å². The van der Waals surface area contributed by atoms with Gasteiger partial charge in [-0.1, -0.05) is 31.2 Å². The molecule has 8 aliphatic rings. The van der Waals surface area contributed by atoms with Crippen molar-refractivity contribution < 1.29 is 47.5 Å². The summed E-state index contributed by atoms with van der Waals surface area (Å²) in [6, 6.07) is 0. The third-order valence-electron chi connectivity index (χ3n) is 10.7. The molecule has 8 rings (SSSR count). The van der Waals surface area contributed by atoms with Crippen LogP contribution in [0.3, 0.4) is 0 Å². The number of carbonyl (C=O) groups excluding carboxylic acids is 2. The Morgan fingerprint density at radius 3 is 2.62 bits per heavy atom. The van der Waals surface area contributed by atoms with Crippen LogP contribution in [0.15, 0.2) is 36.0 Å². The lowest BCUT2D eigenvalue weighted by molar-refractivity contribution is -0.236. The van der Waals surface area contributed by atoms with Crippen molar-refractivity contribution in [2.45, 2.75) is 107 Å². The molecule has 10 nitrogen and oxygen atoms in total. The van der Waals surface area contributed by atoms with Crippen molar-refractivity contribution in [3.63, 3.8) is 0 Å². The molecule has 5 saturated heterocycles. The zero-order chi connectivity index (χ0) is 26.9. The summed E-state index contributed by atoms with van der Waals surface area (Å²) < 4.78 is 49.2. The van der Waals surface area contributed by atoms with Crippen molar-refractivity contribution in [2.24, 2.45) is 10.8 Å². The summed E-state index contributed by atoms with van der Waals surface area (Å²) in [5.41, 5.74) is -1.78. The van der Waals surface area contributed by atoms with Gasteiger partial charge in [-0.25, -0.2) is 9.59 Å². The van der Waals surface area contributed by atoms with Crippen molar-refractivity contribution in [3.05, 3.63) is 36.0 Å². The van der Waals surface area contributed by atoms with Gasteiger partial charge in [-0.15, -0.1) is 0 Å². The van der Waals surface area contributed by atoms with Crippen LogP contribution in [0.25, 0.3) is 0 Å². The topological polar surface area (TPSA) is 118 Å². The molecular formula is C29H34O10. The summed E-state index contributed by atoms with van der Waals surface area (Å²) in [5, 5.41) is 0. The van der Waals surface area contributed by atoms with E-state index in [1.54, 1.807) is 12.2 Å². The zero-order valence-corrected chi connectivity index (χ0v) is 22.5. The van der Waals surface area contributed by atoms with Crippen molar-refractivity contribution in [1.29, 1.82) is 0 Å². The van der Waals surface area contributed by atoms with Gasteiger partial charge in [0.05, 0.1) is 35.7 Å². The first kappa shape index (κ1) is 24.7. The Balaban J connectivity index is 1.18. The highest BCUT2D eigenvalue weighted by Crippen LogP contribution is 2.74. The SMILES string of the molecule is CC1=C[C@H]2O[C@@H]3C[C@H]4OC(=O)/C=C\C=C\[C@H]5O[C@H](C[C@]6(C)O[C@H]6C(=O)OC[C@@]2([C@H]2O[C@@H]12)[C@]4(C)[C@]31CO1)O[C@@H]5C. The normalized spacial score (nSPS) is 58.5. The van der Waals surface area contributed by atoms with E-state index < -0.39 is 52.5 Å². The molecule has 13 atom stereocenters. The third-order valence-corrected chi connectivity index (χ3v) is 10.7. The molecule has 1 saturated carbocycles. The molecule has 0 amide bonds. The zero-order valence-electron chi connectivity index (χ0n) is 22.5. The minimum absolute atomic E-state index is 0.0356. The standard InChI is InChI=1S/C29H34O10/c1-14-9-18-28(23-22(14)38-23)12-32-25(31)24-26(3,39-24)11-21-34-15(2)16(35-21)7-5-6-8-20(30)37-17-10-19(36-18)29(13-33-29)27(17,28)4/h5-9,15-19,21-24H,10-13H2,1-4H3/b7-5+,8-6-/t15-,16-,17-,18-,19-,21-,22+,23+,24+,26+,27-,28-,29+/m1/s1. The molecule has 10 heteroatoms. The third kappa shape index (κ3) is 3.18. The Morgan fingerprint density at radius 1 is 1.00 bits per heavy atom. The Bertz CT molecular complexity index is 1220. The number of rotatable bonds is 0. The molecule has 2 aliphatic carbocycles. The molecule has 0 unspecified atom stereocenters. The van der Waals surface area contributed by atoms with E-state index in [1.165, 1.54) is 6.08 Å². The van der Waals surface area contributed by atoms with E-state index in [2.05, 4.69) is 13.0 Å². The maximum Gasteiger partial charge on any atom is 0.338 e. The molecule has 0 radical (unpaired) electrons. The Labute approximate surface area is 226 Å². The number of esters is 2. The molecular weight excluding hydrogens is 508 g/mol. The molecule has 6 fully saturated rings. The van der Waals surface area contributed by atoms with Crippen LogP contribution in [0, 0.1) is 10.8 Å². The van der Waals surface area contributed by atoms with Crippen molar-refractivity contribution in [3.8, 4) is 0 Å². The maximum absolute atomic E-state index is 13.4. The minimum Gasteiger partial charge on any atom is -0.463 e. The molecule has 4 bridgehead atoms. The first-order chi connectivity index (χ1) is 18.6. The lowest BCUT2D eigenvalue weighted by Crippen LogP contribution is -2.69. The van der Waals surface area contributed by atoms with Crippen molar-refractivity contribution >= 4 is 11.9 Å². The molecule has 0 aromatic rings. The van der Waals surface area contributed by atoms with E-state index >= 15 is 0 Å². The summed E-state index contributed by atoms with van der Waals surface area (Å²) in [6.07, 6.45) is 6.49. The minimum atomic E-state index is -0.804. The van der Waals surface area contributed by atoms with Gasteiger partial charge in [0.15, 0.2) is 12.4 Å². The molecule has 6 heterocycles. The fourth-order valence-electron chi connectivity index (χ4n) is 8.26.